The van der Waals surface area contributed by atoms with Crippen LogP contribution in [0.3, 0.4) is 0 Å². The summed E-state index contributed by atoms with van der Waals surface area (Å²) in [5, 5.41) is 0. The number of nitrogen functional groups attached to an aromatic ring is 1. The van der Waals surface area contributed by atoms with Crippen LogP contribution in [-0.4, -0.2) is 48.0 Å². The van der Waals surface area contributed by atoms with Crippen LogP contribution in [0.5, 0.6) is 0 Å². The molecule has 5 heteroatoms. The van der Waals surface area contributed by atoms with Crippen molar-refractivity contribution in [2.24, 2.45) is 5.84 Å². The predicted molar refractivity (Wildman–Crippen MR) is 78.7 cm³/mol. The third-order valence-electron chi connectivity index (χ3n) is 4.22. The van der Waals surface area contributed by atoms with E-state index in [1.807, 2.05) is 12.1 Å². The van der Waals surface area contributed by atoms with E-state index in [0.29, 0.717) is 5.54 Å². The van der Waals surface area contributed by atoms with Crippen LogP contribution < -0.4 is 11.3 Å². The Bertz CT molecular complexity index is 414. The SMILES string of the molecule is CN(Cc1ccnc(NN)c1)CC1(N(C)C)CCC1. The molecular weight excluding hydrogens is 238 g/mol. The van der Waals surface area contributed by atoms with Crippen LogP contribution >= 0.6 is 0 Å². The second-order valence-corrected chi connectivity index (χ2v) is 5.84. The smallest absolute Gasteiger partial charge is 0.140 e. The molecule has 1 fully saturated rings. The highest BCUT2D eigenvalue weighted by Crippen LogP contribution is 2.36. The zero-order valence-electron chi connectivity index (χ0n) is 12.2. The normalized spacial score (nSPS) is 17.6. The Morgan fingerprint density at radius 1 is 1.37 bits per heavy atom. The van der Waals surface area contributed by atoms with Crippen LogP contribution in [0.1, 0.15) is 24.8 Å². The molecule has 0 unspecified atom stereocenters. The molecule has 0 saturated heterocycles. The zero-order chi connectivity index (χ0) is 13.9. The number of rotatable bonds is 6. The van der Waals surface area contributed by atoms with Gasteiger partial charge in [0.1, 0.15) is 5.82 Å². The second kappa shape index (κ2) is 5.86. The maximum atomic E-state index is 5.39. The monoisotopic (exact) mass is 263 g/mol. The number of hydrogen-bond donors (Lipinski definition) is 2. The molecule has 2 rings (SSSR count). The Morgan fingerprint density at radius 2 is 2.11 bits per heavy atom. The highest BCUT2D eigenvalue weighted by molar-refractivity contribution is 5.35. The molecule has 0 spiro atoms. The quantitative estimate of drug-likeness (QED) is 0.598. The molecule has 1 heterocycles. The number of hydrogen-bond acceptors (Lipinski definition) is 5. The van der Waals surface area contributed by atoms with Gasteiger partial charge < -0.3 is 15.2 Å². The molecule has 1 aromatic heterocycles. The minimum atomic E-state index is 0.372. The van der Waals surface area contributed by atoms with Gasteiger partial charge in [0.2, 0.25) is 0 Å². The summed E-state index contributed by atoms with van der Waals surface area (Å²) in [7, 11) is 6.56. The minimum absolute atomic E-state index is 0.372. The van der Waals surface area contributed by atoms with Gasteiger partial charge in [-0.15, -0.1) is 0 Å². The van der Waals surface area contributed by atoms with Crippen LogP contribution in [0.25, 0.3) is 0 Å². The fourth-order valence-electron chi connectivity index (χ4n) is 2.85. The van der Waals surface area contributed by atoms with E-state index in [9.17, 15) is 0 Å². The molecule has 3 N–H and O–H groups in total. The number of hydrazine groups is 1. The molecule has 0 atom stereocenters. The number of likely N-dealkylation sites (N-methyl/N-ethyl adjacent to an activating group) is 2. The number of nitrogens with one attached hydrogen (secondary N) is 1. The fourth-order valence-corrected chi connectivity index (χ4v) is 2.85. The summed E-state index contributed by atoms with van der Waals surface area (Å²) in [6.07, 6.45) is 5.75. The van der Waals surface area contributed by atoms with Crippen molar-refractivity contribution in [3.05, 3.63) is 23.9 Å². The maximum Gasteiger partial charge on any atom is 0.140 e. The van der Waals surface area contributed by atoms with Crippen LogP contribution in [-0.2, 0) is 6.54 Å². The van der Waals surface area contributed by atoms with Gasteiger partial charge in [-0.25, -0.2) is 10.8 Å². The second-order valence-electron chi connectivity index (χ2n) is 5.84. The summed E-state index contributed by atoms with van der Waals surface area (Å²) < 4.78 is 0. The van der Waals surface area contributed by atoms with Crippen molar-refractivity contribution in [2.75, 3.05) is 33.1 Å². The molecule has 0 amide bonds. The fraction of sp³-hybridized carbons (Fsp3) is 0.643. The van der Waals surface area contributed by atoms with Crippen molar-refractivity contribution in [3.8, 4) is 0 Å². The average molecular weight is 263 g/mol. The summed E-state index contributed by atoms with van der Waals surface area (Å²) in [5.74, 6) is 6.11. The van der Waals surface area contributed by atoms with E-state index in [-0.39, 0.29) is 0 Å². The van der Waals surface area contributed by atoms with Crippen molar-refractivity contribution in [3.63, 3.8) is 0 Å². The van der Waals surface area contributed by atoms with Crippen molar-refractivity contribution in [1.29, 1.82) is 0 Å². The predicted octanol–water partition coefficient (Wildman–Crippen LogP) is 1.28. The molecular formula is C14H25N5. The summed E-state index contributed by atoms with van der Waals surface area (Å²) in [6.45, 7) is 2.03. The first-order valence-corrected chi connectivity index (χ1v) is 6.83. The minimum Gasteiger partial charge on any atom is -0.308 e. The lowest BCUT2D eigenvalue weighted by Gasteiger charge is -2.49. The van der Waals surface area contributed by atoms with Gasteiger partial charge in [-0.2, -0.15) is 0 Å². The Labute approximate surface area is 115 Å². The lowest BCUT2D eigenvalue weighted by atomic mass is 9.75. The third-order valence-corrected chi connectivity index (χ3v) is 4.22. The summed E-state index contributed by atoms with van der Waals surface area (Å²) in [5.41, 5.74) is 4.20. The molecule has 106 valence electrons. The third kappa shape index (κ3) is 3.23. The van der Waals surface area contributed by atoms with Gasteiger partial charge in [0.15, 0.2) is 0 Å². The largest absolute Gasteiger partial charge is 0.308 e. The highest BCUT2D eigenvalue weighted by atomic mass is 15.2. The number of pyridine rings is 1. The van der Waals surface area contributed by atoms with Crippen LogP contribution in [0, 0.1) is 0 Å². The van der Waals surface area contributed by atoms with Gasteiger partial charge in [-0.3, -0.25) is 0 Å². The van der Waals surface area contributed by atoms with Gasteiger partial charge in [0.05, 0.1) is 0 Å². The Kier molecular flexibility index (Phi) is 4.39. The van der Waals surface area contributed by atoms with Gasteiger partial charge in [-0.1, -0.05) is 0 Å². The standard InChI is InChI=1S/C14H25N5/c1-18(2)14(6-4-7-14)11-19(3)10-12-5-8-16-13(9-12)17-15/h5,8-9H,4,6-7,10-11,15H2,1-3H3,(H,16,17). The first-order chi connectivity index (χ1) is 9.05. The van der Waals surface area contributed by atoms with E-state index >= 15 is 0 Å². The Balaban J connectivity index is 1.95. The molecule has 0 bridgehead atoms. The topological polar surface area (TPSA) is 57.4 Å². The summed E-state index contributed by atoms with van der Waals surface area (Å²) >= 11 is 0. The molecule has 0 radical (unpaired) electrons. The molecule has 0 aliphatic heterocycles. The number of aromatic nitrogens is 1. The summed E-state index contributed by atoms with van der Waals surface area (Å²) in [6, 6.07) is 4.04. The van der Waals surface area contributed by atoms with Gasteiger partial charge >= 0.3 is 0 Å². The number of nitrogens with two attached hydrogens (primary N) is 1. The molecule has 19 heavy (non-hydrogen) atoms. The first-order valence-electron chi connectivity index (χ1n) is 6.83. The number of anilines is 1. The molecule has 0 aromatic carbocycles. The maximum absolute atomic E-state index is 5.39. The van der Waals surface area contributed by atoms with Gasteiger partial charge in [0.25, 0.3) is 0 Å². The van der Waals surface area contributed by atoms with Crippen molar-refractivity contribution in [1.82, 2.24) is 14.8 Å². The number of nitrogens with zero attached hydrogens (tertiary/aromatic N) is 3. The molecule has 1 aliphatic rings. The van der Waals surface area contributed by atoms with E-state index in [0.717, 1.165) is 18.9 Å². The average Bonchev–Trinajstić information content (AvgIpc) is 2.33. The van der Waals surface area contributed by atoms with Crippen molar-refractivity contribution < 1.29 is 0 Å². The van der Waals surface area contributed by atoms with Gasteiger partial charge in [0, 0.05) is 24.8 Å². The van der Waals surface area contributed by atoms with E-state index < -0.39 is 0 Å². The Morgan fingerprint density at radius 3 is 2.63 bits per heavy atom. The van der Waals surface area contributed by atoms with Crippen LogP contribution in [0.15, 0.2) is 18.3 Å². The summed E-state index contributed by atoms with van der Waals surface area (Å²) in [4.78, 5) is 8.90. The Hall–Kier alpha value is -1.17. The van der Waals surface area contributed by atoms with E-state index in [1.165, 1.54) is 24.8 Å². The van der Waals surface area contributed by atoms with E-state index in [4.69, 9.17) is 5.84 Å². The first kappa shape index (κ1) is 14.2. The lowest BCUT2D eigenvalue weighted by molar-refractivity contribution is 0.0259. The highest BCUT2D eigenvalue weighted by Gasteiger charge is 2.39. The van der Waals surface area contributed by atoms with Gasteiger partial charge in [-0.05, 0) is 58.1 Å². The molecule has 1 saturated carbocycles. The van der Waals surface area contributed by atoms with Crippen molar-refractivity contribution in [2.45, 2.75) is 31.3 Å². The van der Waals surface area contributed by atoms with Crippen LogP contribution in [0.2, 0.25) is 0 Å². The van der Waals surface area contributed by atoms with E-state index in [2.05, 4.69) is 41.4 Å². The van der Waals surface area contributed by atoms with Crippen LogP contribution in [0.4, 0.5) is 5.82 Å². The lowest BCUT2D eigenvalue weighted by Crippen LogP contribution is -2.56. The van der Waals surface area contributed by atoms with Crippen molar-refractivity contribution >= 4 is 5.82 Å². The zero-order valence-corrected chi connectivity index (χ0v) is 12.2. The molecule has 1 aliphatic carbocycles. The molecule has 1 aromatic rings. The molecule has 5 nitrogen and oxygen atoms in total. The van der Waals surface area contributed by atoms with E-state index in [1.54, 1.807) is 6.20 Å².